The van der Waals surface area contributed by atoms with Crippen molar-refractivity contribution in [2.24, 2.45) is 11.7 Å². The van der Waals surface area contributed by atoms with Crippen LogP contribution in [0.5, 0.6) is 0 Å². The highest BCUT2D eigenvalue weighted by Crippen LogP contribution is 2.43. The summed E-state index contributed by atoms with van der Waals surface area (Å²) in [7, 11) is -2.99. The summed E-state index contributed by atoms with van der Waals surface area (Å²) in [6.45, 7) is 1.05. The molecule has 0 unspecified atom stereocenters. The van der Waals surface area contributed by atoms with Gasteiger partial charge in [-0.25, -0.2) is 8.42 Å². The molecule has 5 heteroatoms. The van der Waals surface area contributed by atoms with E-state index in [-0.39, 0.29) is 5.54 Å². The Kier molecular flexibility index (Phi) is 1.56. The summed E-state index contributed by atoms with van der Waals surface area (Å²) in [5.74, 6) is 0.579. The molecule has 0 aromatic rings. The molecular formula is C7H14N2O2S. The molecule has 4 nitrogen and oxygen atoms in total. The van der Waals surface area contributed by atoms with Crippen molar-refractivity contribution in [2.75, 3.05) is 19.3 Å². The molecule has 1 saturated heterocycles. The molecule has 1 saturated carbocycles. The van der Waals surface area contributed by atoms with Crippen LogP contribution < -0.4 is 5.73 Å². The van der Waals surface area contributed by atoms with Crippen LogP contribution in [0.3, 0.4) is 0 Å². The van der Waals surface area contributed by atoms with E-state index in [2.05, 4.69) is 0 Å². The first kappa shape index (κ1) is 8.47. The fourth-order valence-corrected chi connectivity index (χ4v) is 2.71. The minimum Gasteiger partial charge on any atom is -0.323 e. The second-order valence-electron chi connectivity index (χ2n) is 4.04. The summed E-state index contributed by atoms with van der Waals surface area (Å²) in [4.78, 5) is 0. The molecule has 0 aromatic carbocycles. The smallest absolute Gasteiger partial charge is 0.211 e. The predicted molar refractivity (Wildman–Crippen MR) is 46.1 cm³/mol. The van der Waals surface area contributed by atoms with Crippen LogP contribution in [-0.4, -0.2) is 37.6 Å². The normalized spacial score (nSPS) is 29.8. The topological polar surface area (TPSA) is 63.4 Å². The first-order chi connectivity index (χ1) is 5.42. The average molecular weight is 190 g/mol. The molecule has 0 bridgehead atoms. The van der Waals surface area contributed by atoms with Crippen molar-refractivity contribution >= 4 is 10.0 Å². The third kappa shape index (κ3) is 1.26. The van der Waals surface area contributed by atoms with Crippen molar-refractivity contribution in [1.29, 1.82) is 0 Å². The van der Waals surface area contributed by atoms with Crippen LogP contribution >= 0.6 is 0 Å². The van der Waals surface area contributed by atoms with Gasteiger partial charge in [0.05, 0.1) is 6.26 Å². The number of hydrogen-bond donors (Lipinski definition) is 1. The minimum absolute atomic E-state index is 0.191. The summed E-state index contributed by atoms with van der Waals surface area (Å²) in [5, 5.41) is 0. The highest BCUT2D eigenvalue weighted by Gasteiger charge is 2.52. The summed E-state index contributed by atoms with van der Waals surface area (Å²) in [6.07, 6.45) is 3.59. The van der Waals surface area contributed by atoms with Gasteiger partial charge in [0.2, 0.25) is 10.0 Å². The molecular weight excluding hydrogens is 176 g/mol. The van der Waals surface area contributed by atoms with Crippen molar-refractivity contribution in [3.63, 3.8) is 0 Å². The van der Waals surface area contributed by atoms with Crippen LogP contribution in [0.15, 0.2) is 0 Å². The maximum atomic E-state index is 11.0. The lowest BCUT2D eigenvalue weighted by atomic mass is 9.88. The zero-order chi connectivity index (χ0) is 8.98. The van der Waals surface area contributed by atoms with Crippen LogP contribution in [0.25, 0.3) is 0 Å². The molecule has 70 valence electrons. The Morgan fingerprint density at radius 2 is 1.92 bits per heavy atom. The van der Waals surface area contributed by atoms with E-state index in [1.807, 2.05) is 0 Å². The number of nitrogens with two attached hydrogens (primary N) is 1. The van der Waals surface area contributed by atoms with E-state index in [9.17, 15) is 8.42 Å². The highest BCUT2D eigenvalue weighted by molar-refractivity contribution is 7.88. The van der Waals surface area contributed by atoms with Gasteiger partial charge in [-0.2, -0.15) is 4.31 Å². The monoisotopic (exact) mass is 190 g/mol. The van der Waals surface area contributed by atoms with Crippen LogP contribution in [-0.2, 0) is 10.0 Å². The molecule has 0 amide bonds. The van der Waals surface area contributed by atoms with E-state index < -0.39 is 10.0 Å². The van der Waals surface area contributed by atoms with Crippen molar-refractivity contribution in [3.05, 3.63) is 0 Å². The van der Waals surface area contributed by atoms with Gasteiger partial charge in [0, 0.05) is 18.6 Å². The van der Waals surface area contributed by atoms with E-state index in [4.69, 9.17) is 5.73 Å². The molecule has 0 aromatic heterocycles. The standard InChI is InChI=1S/C7H14N2O2S/c1-12(10,11)9-4-7(8,5-9)6-2-3-6/h6H,2-5,8H2,1H3. The zero-order valence-corrected chi connectivity index (χ0v) is 7.97. The number of sulfonamides is 1. The number of rotatable bonds is 2. The highest BCUT2D eigenvalue weighted by atomic mass is 32.2. The molecule has 2 fully saturated rings. The lowest BCUT2D eigenvalue weighted by Gasteiger charge is -2.46. The van der Waals surface area contributed by atoms with Gasteiger partial charge in [-0.1, -0.05) is 0 Å². The SMILES string of the molecule is CS(=O)(=O)N1CC(N)(C2CC2)C1. The van der Waals surface area contributed by atoms with Gasteiger partial charge >= 0.3 is 0 Å². The van der Waals surface area contributed by atoms with Gasteiger partial charge in [0.25, 0.3) is 0 Å². The summed E-state index contributed by atoms with van der Waals surface area (Å²) < 4.78 is 23.5. The molecule has 0 radical (unpaired) electrons. The van der Waals surface area contributed by atoms with Crippen molar-refractivity contribution in [2.45, 2.75) is 18.4 Å². The van der Waals surface area contributed by atoms with Crippen LogP contribution in [0.1, 0.15) is 12.8 Å². The average Bonchev–Trinajstić information content (AvgIpc) is 2.58. The Labute approximate surface area is 72.8 Å². The summed E-state index contributed by atoms with van der Waals surface area (Å²) >= 11 is 0. The van der Waals surface area contributed by atoms with Crippen molar-refractivity contribution < 1.29 is 8.42 Å². The van der Waals surface area contributed by atoms with Crippen LogP contribution in [0.2, 0.25) is 0 Å². The summed E-state index contributed by atoms with van der Waals surface area (Å²) in [5.41, 5.74) is 5.80. The molecule has 1 aliphatic heterocycles. The quantitative estimate of drug-likeness (QED) is 0.630. The fourth-order valence-electron chi connectivity index (χ4n) is 1.76. The van der Waals surface area contributed by atoms with Crippen LogP contribution in [0.4, 0.5) is 0 Å². The number of hydrogen-bond acceptors (Lipinski definition) is 3. The minimum atomic E-state index is -2.99. The first-order valence-electron chi connectivity index (χ1n) is 4.16. The molecule has 2 aliphatic rings. The van der Waals surface area contributed by atoms with Gasteiger partial charge in [-0.15, -0.1) is 0 Å². The summed E-state index contributed by atoms with van der Waals surface area (Å²) in [6, 6.07) is 0. The van der Waals surface area contributed by atoms with Crippen molar-refractivity contribution in [1.82, 2.24) is 4.31 Å². The number of nitrogens with zero attached hydrogens (tertiary/aromatic N) is 1. The lowest BCUT2D eigenvalue weighted by Crippen LogP contribution is -2.69. The van der Waals surface area contributed by atoms with E-state index in [0.29, 0.717) is 19.0 Å². The largest absolute Gasteiger partial charge is 0.323 e. The van der Waals surface area contributed by atoms with E-state index in [0.717, 1.165) is 0 Å². The molecule has 2 rings (SSSR count). The fraction of sp³-hybridized carbons (Fsp3) is 1.00. The first-order valence-corrected chi connectivity index (χ1v) is 6.01. The molecule has 0 spiro atoms. The molecule has 1 heterocycles. The maximum absolute atomic E-state index is 11.0. The van der Waals surface area contributed by atoms with Gasteiger partial charge in [0.1, 0.15) is 0 Å². The third-order valence-electron chi connectivity index (χ3n) is 2.80. The Balaban J connectivity index is 1.99. The Bertz CT molecular complexity index is 289. The van der Waals surface area contributed by atoms with Gasteiger partial charge in [0.15, 0.2) is 0 Å². The second-order valence-corrected chi connectivity index (χ2v) is 6.02. The maximum Gasteiger partial charge on any atom is 0.211 e. The van der Waals surface area contributed by atoms with E-state index in [1.54, 1.807) is 0 Å². The third-order valence-corrected chi connectivity index (χ3v) is 4.00. The Morgan fingerprint density at radius 1 is 1.42 bits per heavy atom. The lowest BCUT2D eigenvalue weighted by molar-refractivity contribution is 0.136. The van der Waals surface area contributed by atoms with E-state index in [1.165, 1.54) is 23.4 Å². The van der Waals surface area contributed by atoms with Crippen molar-refractivity contribution in [3.8, 4) is 0 Å². The second kappa shape index (κ2) is 2.21. The molecule has 1 aliphatic carbocycles. The molecule has 2 N–H and O–H groups in total. The zero-order valence-electron chi connectivity index (χ0n) is 7.16. The molecule has 0 atom stereocenters. The predicted octanol–water partition coefficient (Wildman–Crippen LogP) is -0.631. The van der Waals surface area contributed by atoms with Gasteiger partial charge < -0.3 is 5.73 Å². The van der Waals surface area contributed by atoms with Gasteiger partial charge in [-0.05, 0) is 18.8 Å². The Hall–Kier alpha value is -0.130. The Morgan fingerprint density at radius 3 is 2.25 bits per heavy atom. The van der Waals surface area contributed by atoms with E-state index >= 15 is 0 Å². The molecule has 12 heavy (non-hydrogen) atoms. The van der Waals surface area contributed by atoms with Crippen LogP contribution in [0, 0.1) is 5.92 Å². The van der Waals surface area contributed by atoms with Gasteiger partial charge in [-0.3, -0.25) is 0 Å².